The number of hydrogen-bond donors (Lipinski definition) is 1. The van der Waals surface area contributed by atoms with Crippen LogP contribution in [0.2, 0.25) is 5.02 Å². The molecule has 3 rings (SSSR count). The molecule has 1 aromatic heterocycles. The van der Waals surface area contributed by atoms with Crippen molar-refractivity contribution in [2.45, 2.75) is 6.54 Å². The molecule has 3 aromatic rings. The second-order valence-electron chi connectivity index (χ2n) is 5.70. The first-order chi connectivity index (χ1) is 13.6. The van der Waals surface area contributed by atoms with Crippen molar-refractivity contribution in [2.24, 2.45) is 0 Å². The lowest BCUT2D eigenvalue weighted by Gasteiger charge is -2.09. The van der Waals surface area contributed by atoms with Gasteiger partial charge in [-0.05, 0) is 36.4 Å². The number of nitriles is 1. The minimum atomic E-state index is -0.501. The molecule has 0 spiro atoms. The van der Waals surface area contributed by atoms with Crippen LogP contribution in [0.1, 0.15) is 16.1 Å². The Morgan fingerprint density at radius 1 is 1.18 bits per heavy atom. The smallest absolute Gasteiger partial charge is 0.276 e. The molecule has 0 aliphatic heterocycles. The van der Waals surface area contributed by atoms with Gasteiger partial charge in [-0.2, -0.15) is 10.4 Å². The molecule has 0 fully saturated rings. The quantitative estimate of drug-likeness (QED) is 0.692. The zero-order valence-corrected chi connectivity index (χ0v) is 15.4. The van der Waals surface area contributed by atoms with E-state index in [1.807, 2.05) is 36.4 Å². The van der Waals surface area contributed by atoms with Crippen molar-refractivity contribution in [1.29, 1.82) is 5.26 Å². The summed E-state index contributed by atoms with van der Waals surface area (Å²) < 4.78 is 6.72. The Bertz CT molecular complexity index is 1090. The molecule has 1 heterocycles. The fourth-order valence-electron chi connectivity index (χ4n) is 2.38. The molecule has 0 saturated carbocycles. The Labute approximate surface area is 165 Å². The van der Waals surface area contributed by atoms with Crippen molar-refractivity contribution in [3.05, 3.63) is 87.3 Å². The fourth-order valence-corrected chi connectivity index (χ4v) is 2.60. The number of carbonyl (C=O) groups is 1. The van der Waals surface area contributed by atoms with E-state index in [1.54, 1.807) is 6.07 Å². The maximum atomic E-state index is 12.4. The molecule has 0 atom stereocenters. The second-order valence-corrected chi connectivity index (χ2v) is 6.11. The summed E-state index contributed by atoms with van der Waals surface area (Å²) in [6, 6.07) is 18.3. The van der Waals surface area contributed by atoms with Gasteiger partial charge in [-0.1, -0.05) is 29.8 Å². The van der Waals surface area contributed by atoms with Crippen LogP contribution in [0.4, 0.5) is 5.69 Å². The molecule has 0 bridgehead atoms. The summed E-state index contributed by atoms with van der Waals surface area (Å²) in [4.78, 5) is 24.4. The normalized spacial score (nSPS) is 10.1. The maximum Gasteiger partial charge on any atom is 0.276 e. The van der Waals surface area contributed by atoms with E-state index in [0.29, 0.717) is 17.0 Å². The van der Waals surface area contributed by atoms with Crippen molar-refractivity contribution in [3.8, 4) is 11.8 Å². The summed E-state index contributed by atoms with van der Waals surface area (Å²) in [6.07, 6.45) is 0. The highest BCUT2D eigenvalue weighted by Crippen LogP contribution is 2.20. The van der Waals surface area contributed by atoms with Crippen LogP contribution in [-0.2, 0) is 6.54 Å². The van der Waals surface area contributed by atoms with Crippen LogP contribution in [-0.4, -0.2) is 22.3 Å². The van der Waals surface area contributed by atoms with Gasteiger partial charge < -0.3 is 10.1 Å². The van der Waals surface area contributed by atoms with E-state index in [-0.39, 0.29) is 29.4 Å². The number of amides is 1. The number of rotatable bonds is 6. The number of carbonyl (C=O) groups excluding carboxylic acids is 1. The van der Waals surface area contributed by atoms with Gasteiger partial charge in [0.1, 0.15) is 24.1 Å². The van der Waals surface area contributed by atoms with E-state index in [9.17, 15) is 9.59 Å². The number of nitrogens with zero attached hydrogens (tertiary/aromatic N) is 3. The minimum Gasteiger partial charge on any atom is -0.492 e. The molecule has 0 aliphatic carbocycles. The Hall–Kier alpha value is -3.63. The van der Waals surface area contributed by atoms with Gasteiger partial charge in [-0.15, -0.1) is 0 Å². The molecular weight excluding hydrogens is 380 g/mol. The number of hydrogen-bond acceptors (Lipinski definition) is 5. The van der Waals surface area contributed by atoms with E-state index in [1.165, 1.54) is 28.9 Å². The molecule has 0 aliphatic rings. The monoisotopic (exact) mass is 394 g/mol. The molecule has 0 saturated heterocycles. The molecule has 28 heavy (non-hydrogen) atoms. The van der Waals surface area contributed by atoms with Crippen molar-refractivity contribution in [1.82, 2.24) is 9.78 Å². The van der Waals surface area contributed by atoms with Gasteiger partial charge in [0.2, 0.25) is 0 Å². The van der Waals surface area contributed by atoms with E-state index in [0.717, 1.165) is 0 Å². The Morgan fingerprint density at radius 2 is 1.96 bits per heavy atom. The van der Waals surface area contributed by atoms with Crippen LogP contribution in [0.5, 0.6) is 5.75 Å². The van der Waals surface area contributed by atoms with Gasteiger partial charge in [-0.25, -0.2) is 4.68 Å². The first-order valence-corrected chi connectivity index (χ1v) is 8.71. The van der Waals surface area contributed by atoms with Crippen LogP contribution >= 0.6 is 11.6 Å². The highest BCUT2D eigenvalue weighted by atomic mass is 35.5. The van der Waals surface area contributed by atoms with Crippen molar-refractivity contribution >= 4 is 23.2 Å². The summed E-state index contributed by atoms with van der Waals surface area (Å²) >= 11 is 5.96. The third-order valence-corrected chi connectivity index (χ3v) is 4.07. The molecule has 1 amide bonds. The predicted molar refractivity (Wildman–Crippen MR) is 105 cm³/mol. The molecule has 0 unspecified atom stereocenters. The lowest BCUT2D eigenvalue weighted by Crippen LogP contribution is -2.28. The number of benzene rings is 2. The zero-order valence-electron chi connectivity index (χ0n) is 14.6. The highest BCUT2D eigenvalue weighted by Gasteiger charge is 2.11. The third-order valence-electron chi connectivity index (χ3n) is 3.76. The third kappa shape index (κ3) is 4.75. The van der Waals surface area contributed by atoms with E-state index in [2.05, 4.69) is 10.4 Å². The molecule has 0 radical (unpaired) electrons. The molecule has 7 nitrogen and oxygen atoms in total. The van der Waals surface area contributed by atoms with Crippen molar-refractivity contribution < 1.29 is 9.53 Å². The lowest BCUT2D eigenvalue weighted by molar-refractivity contribution is 0.101. The SMILES string of the molecule is N#Cc1ccc(NC(=O)c2ccc(=O)n(CCOc3ccccc3)n2)cc1Cl. The number of aromatic nitrogens is 2. The van der Waals surface area contributed by atoms with Crippen LogP contribution in [0.3, 0.4) is 0 Å². The predicted octanol–water partition coefficient (Wildman–Crippen LogP) is 3.10. The summed E-state index contributed by atoms with van der Waals surface area (Å²) in [6.45, 7) is 0.421. The van der Waals surface area contributed by atoms with Crippen LogP contribution in [0.25, 0.3) is 0 Å². The van der Waals surface area contributed by atoms with Gasteiger partial charge >= 0.3 is 0 Å². The molecule has 2 aromatic carbocycles. The Kier molecular flexibility index (Phi) is 6.04. The van der Waals surface area contributed by atoms with E-state index < -0.39 is 5.91 Å². The van der Waals surface area contributed by atoms with Gasteiger partial charge in [0.05, 0.1) is 17.1 Å². The van der Waals surface area contributed by atoms with Gasteiger partial charge in [-0.3, -0.25) is 9.59 Å². The highest BCUT2D eigenvalue weighted by molar-refractivity contribution is 6.32. The molecular formula is C20H15ClN4O3. The minimum absolute atomic E-state index is 0.0693. The number of para-hydroxylation sites is 1. The number of nitrogens with one attached hydrogen (secondary N) is 1. The fraction of sp³-hybridized carbons (Fsp3) is 0.100. The number of halogens is 1. The van der Waals surface area contributed by atoms with E-state index in [4.69, 9.17) is 21.6 Å². The van der Waals surface area contributed by atoms with E-state index >= 15 is 0 Å². The van der Waals surface area contributed by atoms with Gasteiger partial charge in [0, 0.05) is 11.8 Å². The topological polar surface area (TPSA) is 97.0 Å². The van der Waals surface area contributed by atoms with Crippen LogP contribution in [0, 0.1) is 11.3 Å². The summed E-state index contributed by atoms with van der Waals surface area (Å²) in [7, 11) is 0. The first-order valence-electron chi connectivity index (χ1n) is 8.34. The van der Waals surface area contributed by atoms with Crippen molar-refractivity contribution in [2.75, 3.05) is 11.9 Å². The Morgan fingerprint density at radius 3 is 2.68 bits per heavy atom. The van der Waals surface area contributed by atoms with Gasteiger partial charge in [0.15, 0.2) is 0 Å². The number of anilines is 1. The standard InChI is InChI=1S/C20H15ClN4O3/c21-17-12-15(7-6-14(17)13-22)23-20(27)18-8-9-19(26)25(24-18)10-11-28-16-4-2-1-3-5-16/h1-9,12H,10-11H2,(H,23,27). The second kappa shape index (κ2) is 8.84. The summed E-state index contributed by atoms with van der Waals surface area (Å²) in [5, 5.41) is 15.8. The molecule has 8 heteroatoms. The summed E-state index contributed by atoms with van der Waals surface area (Å²) in [5.41, 5.74) is 0.458. The average Bonchev–Trinajstić information content (AvgIpc) is 2.70. The Balaban J connectivity index is 1.68. The van der Waals surface area contributed by atoms with Crippen molar-refractivity contribution in [3.63, 3.8) is 0 Å². The largest absolute Gasteiger partial charge is 0.492 e. The van der Waals surface area contributed by atoms with Crippen LogP contribution < -0.4 is 15.6 Å². The van der Waals surface area contributed by atoms with Gasteiger partial charge in [0.25, 0.3) is 11.5 Å². The number of ether oxygens (including phenoxy) is 1. The molecule has 140 valence electrons. The average molecular weight is 395 g/mol. The maximum absolute atomic E-state index is 12.4. The lowest BCUT2D eigenvalue weighted by atomic mass is 10.2. The molecule has 1 N–H and O–H groups in total. The van der Waals surface area contributed by atoms with Crippen LogP contribution in [0.15, 0.2) is 65.5 Å². The first kappa shape index (κ1) is 19.1. The zero-order chi connectivity index (χ0) is 19.9. The summed E-state index contributed by atoms with van der Waals surface area (Å²) in [5.74, 6) is 0.181.